The van der Waals surface area contributed by atoms with Crippen LogP contribution < -0.4 is 16.4 Å². The van der Waals surface area contributed by atoms with Gasteiger partial charge in [0.25, 0.3) is 0 Å². The van der Waals surface area contributed by atoms with E-state index in [2.05, 4.69) is 15.5 Å². The molecule has 0 spiro atoms. The van der Waals surface area contributed by atoms with Gasteiger partial charge in [0, 0.05) is 19.6 Å². The van der Waals surface area contributed by atoms with Gasteiger partial charge in [0.05, 0.1) is 0 Å². The molecule has 0 aromatic heterocycles. The second-order valence-corrected chi connectivity index (χ2v) is 4.20. The highest BCUT2D eigenvalue weighted by molar-refractivity contribution is 6.35. The maximum absolute atomic E-state index is 11.3. The number of carbonyl (C=O) groups excluding carboxylic acids is 2. The Morgan fingerprint density at radius 2 is 1.65 bits per heavy atom. The molecule has 0 unspecified atom stereocenters. The van der Waals surface area contributed by atoms with E-state index in [-0.39, 0.29) is 0 Å². The van der Waals surface area contributed by atoms with E-state index >= 15 is 0 Å². The minimum Gasteiger partial charge on any atom is -0.348 e. The Balaban J connectivity index is 2.01. The van der Waals surface area contributed by atoms with Crippen LogP contribution in [-0.4, -0.2) is 56.0 Å². The van der Waals surface area contributed by atoms with Gasteiger partial charge < -0.3 is 21.3 Å². The molecule has 2 amide bonds. The minimum atomic E-state index is -0.600. The van der Waals surface area contributed by atoms with Crippen molar-refractivity contribution in [2.75, 3.05) is 39.3 Å². The fourth-order valence-electron chi connectivity index (χ4n) is 1.86. The maximum atomic E-state index is 11.3. The highest BCUT2D eigenvalue weighted by Gasteiger charge is 2.13. The molecule has 0 radical (unpaired) electrons. The maximum Gasteiger partial charge on any atom is 0.309 e. The molecule has 98 valence electrons. The summed E-state index contributed by atoms with van der Waals surface area (Å²) < 4.78 is 0. The van der Waals surface area contributed by atoms with Crippen LogP contribution in [0.4, 0.5) is 0 Å². The van der Waals surface area contributed by atoms with Crippen LogP contribution in [0, 0.1) is 0 Å². The molecule has 1 rings (SSSR count). The van der Waals surface area contributed by atoms with E-state index in [1.54, 1.807) is 0 Å². The molecular weight excluding hydrogens is 220 g/mol. The Bertz CT molecular complexity index is 252. The normalized spacial score (nSPS) is 15.8. The Hall–Kier alpha value is -1.14. The van der Waals surface area contributed by atoms with Crippen LogP contribution in [0.25, 0.3) is 0 Å². The van der Waals surface area contributed by atoms with E-state index < -0.39 is 11.8 Å². The van der Waals surface area contributed by atoms with Gasteiger partial charge in [-0.25, -0.2) is 0 Å². The van der Waals surface area contributed by atoms with Crippen molar-refractivity contribution in [1.29, 1.82) is 0 Å². The molecule has 1 aliphatic heterocycles. The Kier molecular flexibility index (Phi) is 6.57. The summed E-state index contributed by atoms with van der Waals surface area (Å²) in [5.41, 5.74) is 5.22. The quantitative estimate of drug-likeness (QED) is 0.397. The molecule has 6 heteroatoms. The average molecular weight is 242 g/mol. The van der Waals surface area contributed by atoms with Gasteiger partial charge in [0.15, 0.2) is 0 Å². The van der Waals surface area contributed by atoms with Gasteiger partial charge >= 0.3 is 11.8 Å². The van der Waals surface area contributed by atoms with Crippen LogP contribution >= 0.6 is 0 Å². The number of likely N-dealkylation sites (tertiary alicyclic amines) is 1. The zero-order chi connectivity index (χ0) is 12.5. The zero-order valence-corrected chi connectivity index (χ0v) is 10.2. The van der Waals surface area contributed by atoms with Crippen LogP contribution in [0.2, 0.25) is 0 Å². The van der Waals surface area contributed by atoms with E-state index in [1.165, 1.54) is 12.8 Å². The number of carbonyl (C=O) groups is 2. The van der Waals surface area contributed by atoms with Crippen LogP contribution in [0.3, 0.4) is 0 Å². The number of nitrogens with two attached hydrogens (primary N) is 1. The molecule has 0 saturated carbocycles. The second kappa shape index (κ2) is 8.03. The largest absolute Gasteiger partial charge is 0.348 e. The number of hydrogen-bond donors (Lipinski definition) is 3. The summed E-state index contributed by atoms with van der Waals surface area (Å²) in [5.74, 6) is -1.17. The molecule has 4 N–H and O–H groups in total. The minimum absolute atomic E-state index is 0.333. The molecule has 0 aromatic carbocycles. The lowest BCUT2D eigenvalue weighted by Gasteiger charge is -2.14. The van der Waals surface area contributed by atoms with Crippen LogP contribution in [-0.2, 0) is 9.59 Å². The standard InChI is InChI=1S/C11H22N4O2/c12-4-6-14-11(17)10(16)13-5-3-9-15-7-1-2-8-15/h1-9,12H2,(H,13,16)(H,14,17). The first-order valence-electron chi connectivity index (χ1n) is 6.22. The summed E-state index contributed by atoms with van der Waals surface area (Å²) in [6.07, 6.45) is 3.43. The van der Waals surface area contributed by atoms with Crippen molar-refractivity contribution in [3.8, 4) is 0 Å². The molecule has 0 aromatic rings. The SMILES string of the molecule is NCCNC(=O)C(=O)NCCCN1CCCC1. The smallest absolute Gasteiger partial charge is 0.309 e. The third-order valence-electron chi connectivity index (χ3n) is 2.77. The zero-order valence-electron chi connectivity index (χ0n) is 10.2. The predicted octanol–water partition coefficient (Wildman–Crippen LogP) is -1.34. The van der Waals surface area contributed by atoms with Crippen LogP contribution in [0.15, 0.2) is 0 Å². The van der Waals surface area contributed by atoms with Crippen molar-refractivity contribution < 1.29 is 9.59 Å². The lowest BCUT2D eigenvalue weighted by Crippen LogP contribution is -2.42. The number of amides is 2. The summed E-state index contributed by atoms with van der Waals surface area (Å²) in [5, 5.41) is 5.02. The molecule has 1 heterocycles. The van der Waals surface area contributed by atoms with Crippen LogP contribution in [0.1, 0.15) is 19.3 Å². The fourth-order valence-corrected chi connectivity index (χ4v) is 1.86. The Morgan fingerprint density at radius 3 is 2.24 bits per heavy atom. The highest BCUT2D eigenvalue weighted by Crippen LogP contribution is 2.06. The first kappa shape index (κ1) is 13.9. The lowest BCUT2D eigenvalue weighted by atomic mass is 10.4. The number of nitrogens with zero attached hydrogens (tertiary/aromatic N) is 1. The van der Waals surface area contributed by atoms with Crippen molar-refractivity contribution in [3.63, 3.8) is 0 Å². The van der Waals surface area contributed by atoms with Gasteiger partial charge in [0.2, 0.25) is 0 Å². The van der Waals surface area contributed by atoms with Crippen LogP contribution in [0.5, 0.6) is 0 Å². The van der Waals surface area contributed by atoms with E-state index in [9.17, 15) is 9.59 Å². The van der Waals surface area contributed by atoms with E-state index in [4.69, 9.17) is 5.73 Å². The molecule has 0 bridgehead atoms. The number of rotatable bonds is 6. The van der Waals surface area contributed by atoms with Gasteiger partial charge in [-0.1, -0.05) is 0 Å². The third kappa shape index (κ3) is 5.65. The Labute approximate surface area is 102 Å². The van der Waals surface area contributed by atoms with Crippen molar-refractivity contribution in [1.82, 2.24) is 15.5 Å². The first-order valence-corrected chi connectivity index (χ1v) is 6.22. The molecule has 17 heavy (non-hydrogen) atoms. The summed E-state index contributed by atoms with van der Waals surface area (Å²) in [6.45, 7) is 4.53. The van der Waals surface area contributed by atoms with Crippen molar-refractivity contribution in [2.24, 2.45) is 5.73 Å². The molecule has 0 aliphatic carbocycles. The summed E-state index contributed by atoms with van der Waals surface area (Å²) in [7, 11) is 0. The summed E-state index contributed by atoms with van der Waals surface area (Å²) >= 11 is 0. The van der Waals surface area contributed by atoms with Gasteiger partial charge in [-0.15, -0.1) is 0 Å². The number of hydrogen-bond acceptors (Lipinski definition) is 4. The molecule has 6 nitrogen and oxygen atoms in total. The van der Waals surface area contributed by atoms with E-state index in [0.717, 1.165) is 26.1 Å². The first-order chi connectivity index (χ1) is 8.24. The molecule has 1 aliphatic rings. The molecule has 1 fully saturated rings. The lowest BCUT2D eigenvalue weighted by molar-refractivity contribution is -0.139. The van der Waals surface area contributed by atoms with E-state index in [0.29, 0.717) is 19.6 Å². The van der Waals surface area contributed by atoms with Gasteiger partial charge in [-0.05, 0) is 38.9 Å². The highest BCUT2D eigenvalue weighted by atomic mass is 16.2. The van der Waals surface area contributed by atoms with E-state index in [1.807, 2.05) is 0 Å². The number of nitrogens with one attached hydrogen (secondary N) is 2. The molecule has 0 atom stereocenters. The monoisotopic (exact) mass is 242 g/mol. The van der Waals surface area contributed by atoms with Gasteiger partial charge in [0.1, 0.15) is 0 Å². The summed E-state index contributed by atoms with van der Waals surface area (Å²) in [4.78, 5) is 24.8. The topological polar surface area (TPSA) is 87.5 Å². The van der Waals surface area contributed by atoms with Crippen molar-refractivity contribution in [2.45, 2.75) is 19.3 Å². The Morgan fingerprint density at radius 1 is 1.06 bits per heavy atom. The molecule has 1 saturated heterocycles. The van der Waals surface area contributed by atoms with Gasteiger partial charge in [-0.2, -0.15) is 0 Å². The molecular formula is C11H22N4O2. The van der Waals surface area contributed by atoms with Gasteiger partial charge in [-0.3, -0.25) is 9.59 Å². The third-order valence-corrected chi connectivity index (χ3v) is 2.77. The van der Waals surface area contributed by atoms with Crippen molar-refractivity contribution >= 4 is 11.8 Å². The predicted molar refractivity (Wildman–Crippen MR) is 65.4 cm³/mol. The average Bonchev–Trinajstić information content (AvgIpc) is 2.84. The fraction of sp³-hybridized carbons (Fsp3) is 0.818. The second-order valence-electron chi connectivity index (χ2n) is 4.20. The summed E-state index contributed by atoms with van der Waals surface area (Å²) in [6, 6.07) is 0. The van der Waals surface area contributed by atoms with Crippen molar-refractivity contribution in [3.05, 3.63) is 0 Å².